The van der Waals surface area contributed by atoms with E-state index >= 15 is 0 Å². The third kappa shape index (κ3) is 3.53. The van der Waals surface area contributed by atoms with Gasteiger partial charge in [0.15, 0.2) is 0 Å². The van der Waals surface area contributed by atoms with Crippen molar-refractivity contribution in [1.82, 2.24) is 10.6 Å². The standard InChI is InChI=1S/C18H26N2O/c1-6-13(14-10-8-7-9-12(14)2)11-15-16(21)20-17(19-15)18(3,4)5/h6-10,15,17,19H,11H2,1-5H3,(H,20,21)/b13-6-/t15-,17?/m1/s1. The zero-order chi connectivity index (χ0) is 15.6. The molecule has 0 radical (unpaired) electrons. The minimum Gasteiger partial charge on any atom is -0.339 e. The van der Waals surface area contributed by atoms with Crippen LogP contribution in [0.3, 0.4) is 0 Å². The summed E-state index contributed by atoms with van der Waals surface area (Å²) in [6.45, 7) is 10.5. The Hall–Kier alpha value is -1.61. The number of hydrogen-bond acceptors (Lipinski definition) is 2. The molecule has 3 nitrogen and oxygen atoms in total. The lowest BCUT2D eigenvalue weighted by atomic mass is 9.92. The highest BCUT2D eigenvalue weighted by molar-refractivity contribution is 5.87. The van der Waals surface area contributed by atoms with E-state index in [1.165, 1.54) is 16.7 Å². The molecule has 2 atom stereocenters. The van der Waals surface area contributed by atoms with E-state index in [2.05, 4.69) is 56.5 Å². The van der Waals surface area contributed by atoms with Crippen LogP contribution in [0, 0.1) is 12.3 Å². The molecule has 1 aliphatic heterocycles. The molecule has 1 aromatic carbocycles. The molecular formula is C18H26N2O. The Bertz CT molecular complexity index is 555. The number of allylic oxidation sites excluding steroid dienone is 1. The SMILES string of the molecule is C/C=C(/C[C@H]1NC(C(C)(C)C)NC1=O)c1ccccc1C. The number of carbonyl (C=O) groups excluding carboxylic acids is 1. The van der Waals surface area contributed by atoms with Gasteiger partial charge in [-0.15, -0.1) is 0 Å². The molecule has 1 aliphatic rings. The van der Waals surface area contributed by atoms with Crippen molar-refractivity contribution in [2.45, 2.75) is 53.2 Å². The molecule has 2 N–H and O–H groups in total. The summed E-state index contributed by atoms with van der Waals surface area (Å²) in [5, 5.41) is 6.50. The maximum atomic E-state index is 12.2. The summed E-state index contributed by atoms with van der Waals surface area (Å²) in [5.74, 6) is 0.0999. The number of benzene rings is 1. The molecule has 1 amide bonds. The Labute approximate surface area is 127 Å². The van der Waals surface area contributed by atoms with Crippen LogP contribution in [0.1, 0.15) is 45.2 Å². The zero-order valence-corrected chi connectivity index (χ0v) is 13.7. The van der Waals surface area contributed by atoms with Crippen molar-refractivity contribution in [3.63, 3.8) is 0 Å². The van der Waals surface area contributed by atoms with Crippen LogP contribution < -0.4 is 10.6 Å². The zero-order valence-electron chi connectivity index (χ0n) is 13.7. The van der Waals surface area contributed by atoms with Gasteiger partial charge >= 0.3 is 0 Å². The molecular weight excluding hydrogens is 260 g/mol. The second kappa shape index (κ2) is 6.02. The maximum absolute atomic E-state index is 12.2. The molecule has 0 bridgehead atoms. The van der Waals surface area contributed by atoms with Gasteiger partial charge in [0.1, 0.15) is 0 Å². The molecule has 114 valence electrons. The van der Waals surface area contributed by atoms with Gasteiger partial charge in [-0.3, -0.25) is 10.1 Å². The van der Waals surface area contributed by atoms with Crippen molar-refractivity contribution in [3.8, 4) is 0 Å². The molecule has 1 fully saturated rings. The summed E-state index contributed by atoms with van der Waals surface area (Å²) < 4.78 is 0. The van der Waals surface area contributed by atoms with Gasteiger partial charge < -0.3 is 5.32 Å². The van der Waals surface area contributed by atoms with Crippen LogP contribution in [0.4, 0.5) is 0 Å². The van der Waals surface area contributed by atoms with Crippen LogP contribution in [-0.2, 0) is 4.79 Å². The molecule has 1 unspecified atom stereocenters. The summed E-state index contributed by atoms with van der Waals surface area (Å²) in [6.07, 6.45) is 2.87. The van der Waals surface area contributed by atoms with Crippen LogP contribution in [0.25, 0.3) is 5.57 Å². The minimum atomic E-state index is -0.153. The van der Waals surface area contributed by atoms with Crippen molar-refractivity contribution in [3.05, 3.63) is 41.5 Å². The maximum Gasteiger partial charge on any atom is 0.238 e. The fourth-order valence-corrected chi connectivity index (χ4v) is 2.72. The monoisotopic (exact) mass is 286 g/mol. The third-order valence-electron chi connectivity index (χ3n) is 4.10. The third-order valence-corrected chi connectivity index (χ3v) is 4.10. The van der Waals surface area contributed by atoms with Crippen LogP contribution in [0.2, 0.25) is 0 Å². The first-order valence-electron chi connectivity index (χ1n) is 7.60. The topological polar surface area (TPSA) is 41.1 Å². The highest BCUT2D eigenvalue weighted by Crippen LogP contribution is 2.27. The molecule has 1 aromatic rings. The van der Waals surface area contributed by atoms with Gasteiger partial charge in [-0.05, 0) is 42.4 Å². The Kier molecular flexibility index (Phi) is 4.52. The second-order valence-electron chi connectivity index (χ2n) is 6.86. The van der Waals surface area contributed by atoms with Gasteiger partial charge in [-0.25, -0.2) is 0 Å². The fraction of sp³-hybridized carbons (Fsp3) is 0.500. The first-order valence-corrected chi connectivity index (χ1v) is 7.60. The van der Waals surface area contributed by atoms with Crippen molar-refractivity contribution in [2.24, 2.45) is 5.41 Å². The molecule has 1 saturated heterocycles. The van der Waals surface area contributed by atoms with E-state index in [-0.39, 0.29) is 23.5 Å². The van der Waals surface area contributed by atoms with Crippen molar-refractivity contribution in [2.75, 3.05) is 0 Å². The van der Waals surface area contributed by atoms with E-state index < -0.39 is 0 Å². The number of rotatable bonds is 3. The van der Waals surface area contributed by atoms with E-state index in [0.717, 1.165) is 6.42 Å². The Morgan fingerprint density at radius 1 is 1.29 bits per heavy atom. The summed E-state index contributed by atoms with van der Waals surface area (Å²) in [7, 11) is 0. The summed E-state index contributed by atoms with van der Waals surface area (Å²) in [6, 6.07) is 8.17. The Morgan fingerprint density at radius 3 is 2.48 bits per heavy atom. The fourth-order valence-electron chi connectivity index (χ4n) is 2.72. The molecule has 0 aliphatic carbocycles. The van der Waals surface area contributed by atoms with Gasteiger partial charge in [-0.2, -0.15) is 0 Å². The number of nitrogens with one attached hydrogen (secondary N) is 2. The predicted octanol–water partition coefficient (Wildman–Crippen LogP) is 3.25. The molecule has 2 rings (SSSR count). The van der Waals surface area contributed by atoms with Crippen LogP contribution >= 0.6 is 0 Å². The molecule has 0 saturated carbocycles. The van der Waals surface area contributed by atoms with Crippen LogP contribution in [0.15, 0.2) is 30.3 Å². The highest BCUT2D eigenvalue weighted by atomic mass is 16.2. The normalized spacial score (nSPS) is 23.3. The van der Waals surface area contributed by atoms with Crippen LogP contribution in [0.5, 0.6) is 0 Å². The van der Waals surface area contributed by atoms with E-state index in [1.807, 2.05) is 19.1 Å². The lowest BCUT2D eigenvalue weighted by molar-refractivity contribution is -0.120. The second-order valence-corrected chi connectivity index (χ2v) is 6.86. The summed E-state index contributed by atoms with van der Waals surface area (Å²) in [4.78, 5) is 12.2. The minimum absolute atomic E-state index is 0.0170. The number of aryl methyl sites for hydroxylation is 1. The molecule has 1 heterocycles. The molecule has 0 spiro atoms. The van der Waals surface area contributed by atoms with Crippen molar-refractivity contribution >= 4 is 11.5 Å². The van der Waals surface area contributed by atoms with Crippen molar-refractivity contribution < 1.29 is 4.79 Å². The van der Waals surface area contributed by atoms with Gasteiger partial charge in [0, 0.05) is 0 Å². The lowest BCUT2D eigenvalue weighted by Crippen LogP contribution is -2.44. The Morgan fingerprint density at radius 2 is 1.95 bits per heavy atom. The van der Waals surface area contributed by atoms with Gasteiger partial charge in [0.25, 0.3) is 0 Å². The number of amides is 1. The Balaban J connectivity index is 2.14. The van der Waals surface area contributed by atoms with E-state index in [1.54, 1.807) is 0 Å². The van der Waals surface area contributed by atoms with Gasteiger partial charge in [0.05, 0.1) is 12.2 Å². The quantitative estimate of drug-likeness (QED) is 0.895. The number of hydrogen-bond donors (Lipinski definition) is 2. The lowest BCUT2D eigenvalue weighted by Gasteiger charge is -2.27. The van der Waals surface area contributed by atoms with E-state index in [4.69, 9.17) is 0 Å². The first-order chi connectivity index (χ1) is 9.82. The predicted molar refractivity (Wildman–Crippen MR) is 87.8 cm³/mol. The van der Waals surface area contributed by atoms with Crippen molar-refractivity contribution in [1.29, 1.82) is 0 Å². The van der Waals surface area contributed by atoms with Crippen LogP contribution in [-0.4, -0.2) is 18.1 Å². The highest BCUT2D eigenvalue weighted by Gasteiger charge is 2.37. The number of carbonyl (C=O) groups is 1. The smallest absolute Gasteiger partial charge is 0.238 e. The van der Waals surface area contributed by atoms with E-state index in [0.29, 0.717) is 0 Å². The average Bonchev–Trinajstić information content (AvgIpc) is 2.78. The van der Waals surface area contributed by atoms with Gasteiger partial charge in [-0.1, -0.05) is 51.1 Å². The first kappa shape index (κ1) is 15.8. The largest absolute Gasteiger partial charge is 0.339 e. The summed E-state index contributed by atoms with van der Waals surface area (Å²) >= 11 is 0. The molecule has 21 heavy (non-hydrogen) atoms. The average molecular weight is 286 g/mol. The van der Waals surface area contributed by atoms with E-state index in [9.17, 15) is 4.79 Å². The molecule has 3 heteroatoms. The molecule has 0 aromatic heterocycles. The summed E-state index contributed by atoms with van der Waals surface area (Å²) in [5.41, 5.74) is 3.71. The van der Waals surface area contributed by atoms with Gasteiger partial charge in [0.2, 0.25) is 5.91 Å².